The molecule has 0 amide bonds. The Labute approximate surface area is 111 Å². The van der Waals surface area contributed by atoms with Crippen molar-refractivity contribution < 1.29 is 14.0 Å². The molecule has 1 aromatic carbocycles. The molecular weight excluding hydrogens is 246 g/mol. The van der Waals surface area contributed by atoms with E-state index >= 15 is 0 Å². The zero-order valence-electron chi connectivity index (χ0n) is 11.2. The summed E-state index contributed by atoms with van der Waals surface area (Å²) in [6.07, 6.45) is 0.574. The highest BCUT2D eigenvalue weighted by Crippen LogP contribution is 2.28. The highest BCUT2D eigenvalue weighted by atomic mass is 16.5. The number of rotatable bonds is 5. The Balaban J connectivity index is 2.32. The fourth-order valence-corrected chi connectivity index (χ4v) is 1.67. The van der Waals surface area contributed by atoms with Crippen molar-refractivity contribution in [2.45, 2.75) is 19.4 Å². The van der Waals surface area contributed by atoms with Crippen molar-refractivity contribution in [1.29, 1.82) is 0 Å². The smallest absolute Gasteiger partial charge is 0.258 e. The molecule has 1 heterocycles. The van der Waals surface area contributed by atoms with Gasteiger partial charge in [0.05, 0.1) is 14.2 Å². The highest BCUT2D eigenvalue weighted by Gasteiger charge is 2.12. The van der Waals surface area contributed by atoms with Crippen LogP contribution in [0, 0.1) is 0 Å². The van der Waals surface area contributed by atoms with Crippen molar-refractivity contribution in [3.05, 3.63) is 24.0 Å². The van der Waals surface area contributed by atoms with Gasteiger partial charge in [0.15, 0.2) is 5.82 Å². The minimum absolute atomic E-state index is 0.00899. The van der Waals surface area contributed by atoms with Gasteiger partial charge < -0.3 is 19.7 Å². The summed E-state index contributed by atoms with van der Waals surface area (Å²) in [6, 6.07) is 5.39. The molecule has 2 rings (SSSR count). The Hall–Kier alpha value is -2.08. The summed E-state index contributed by atoms with van der Waals surface area (Å²) in [7, 11) is 3.18. The number of methoxy groups -OCH3 is 2. The Morgan fingerprint density at radius 1 is 1.21 bits per heavy atom. The van der Waals surface area contributed by atoms with Gasteiger partial charge in [0.25, 0.3) is 5.89 Å². The maximum absolute atomic E-state index is 5.70. The SMILES string of the molecule is COc1cc(OC)cc(-c2nc(CC(C)N)no2)c1. The topological polar surface area (TPSA) is 83.4 Å². The Kier molecular flexibility index (Phi) is 4.01. The lowest BCUT2D eigenvalue weighted by Crippen LogP contribution is -2.18. The van der Waals surface area contributed by atoms with E-state index in [-0.39, 0.29) is 6.04 Å². The van der Waals surface area contributed by atoms with E-state index < -0.39 is 0 Å². The normalized spacial score (nSPS) is 12.2. The lowest BCUT2D eigenvalue weighted by Gasteiger charge is -2.05. The third-order valence-electron chi connectivity index (χ3n) is 2.57. The summed E-state index contributed by atoms with van der Waals surface area (Å²) >= 11 is 0. The van der Waals surface area contributed by atoms with E-state index in [1.165, 1.54) is 0 Å². The standard InChI is InChI=1S/C13H17N3O3/c1-8(14)4-12-15-13(19-16-12)9-5-10(17-2)7-11(6-9)18-3/h5-8H,4,14H2,1-3H3. The van der Waals surface area contributed by atoms with Crippen molar-refractivity contribution in [2.24, 2.45) is 5.73 Å². The molecule has 1 atom stereocenters. The molecule has 6 nitrogen and oxygen atoms in total. The number of hydrogen-bond acceptors (Lipinski definition) is 6. The van der Waals surface area contributed by atoms with Gasteiger partial charge in [0.1, 0.15) is 11.5 Å². The van der Waals surface area contributed by atoms with Gasteiger partial charge in [-0.15, -0.1) is 0 Å². The van der Waals surface area contributed by atoms with E-state index in [4.69, 9.17) is 19.7 Å². The van der Waals surface area contributed by atoms with Gasteiger partial charge in [-0.25, -0.2) is 0 Å². The van der Waals surface area contributed by atoms with Crippen LogP contribution in [0.1, 0.15) is 12.7 Å². The van der Waals surface area contributed by atoms with Crippen LogP contribution in [0.3, 0.4) is 0 Å². The zero-order chi connectivity index (χ0) is 13.8. The molecule has 2 aromatic rings. The average molecular weight is 263 g/mol. The van der Waals surface area contributed by atoms with Crippen LogP contribution in [-0.2, 0) is 6.42 Å². The molecule has 1 aromatic heterocycles. The number of nitrogens with zero attached hydrogens (tertiary/aromatic N) is 2. The minimum Gasteiger partial charge on any atom is -0.497 e. The van der Waals surface area contributed by atoms with Crippen LogP contribution in [0.15, 0.2) is 22.7 Å². The summed E-state index contributed by atoms with van der Waals surface area (Å²) in [5.74, 6) is 2.35. The predicted octanol–water partition coefficient (Wildman–Crippen LogP) is 1.64. The predicted molar refractivity (Wildman–Crippen MR) is 70.2 cm³/mol. The van der Waals surface area contributed by atoms with Crippen LogP contribution in [-0.4, -0.2) is 30.4 Å². The molecule has 6 heteroatoms. The van der Waals surface area contributed by atoms with Gasteiger partial charge in [0, 0.05) is 24.1 Å². The fraction of sp³-hybridized carbons (Fsp3) is 0.385. The second-order valence-electron chi connectivity index (χ2n) is 4.30. The third-order valence-corrected chi connectivity index (χ3v) is 2.57. The van der Waals surface area contributed by atoms with E-state index in [1.54, 1.807) is 20.3 Å². The van der Waals surface area contributed by atoms with Crippen molar-refractivity contribution in [3.8, 4) is 23.0 Å². The first-order valence-corrected chi connectivity index (χ1v) is 5.94. The second-order valence-corrected chi connectivity index (χ2v) is 4.30. The molecule has 102 valence electrons. The molecule has 0 saturated heterocycles. The van der Waals surface area contributed by atoms with Gasteiger partial charge in [0.2, 0.25) is 0 Å². The quantitative estimate of drug-likeness (QED) is 0.883. The molecule has 0 aliphatic heterocycles. The van der Waals surface area contributed by atoms with Gasteiger partial charge >= 0.3 is 0 Å². The first kappa shape index (κ1) is 13.4. The number of nitrogens with two attached hydrogens (primary N) is 1. The summed E-state index contributed by atoms with van der Waals surface area (Å²) in [5, 5.41) is 3.90. The van der Waals surface area contributed by atoms with E-state index in [0.29, 0.717) is 29.6 Å². The first-order valence-electron chi connectivity index (χ1n) is 5.94. The van der Waals surface area contributed by atoms with Crippen molar-refractivity contribution in [1.82, 2.24) is 10.1 Å². The summed E-state index contributed by atoms with van der Waals surface area (Å²) in [5.41, 5.74) is 6.45. The third kappa shape index (κ3) is 3.23. The molecule has 0 aliphatic carbocycles. The lowest BCUT2D eigenvalue weighted by atomic mass is 10.2. The van der Waals surface area contributed by atoms with E-state index in [1.807, 2.05) is 19.1 Å². The van der Waals surface area contributed by atoms with Crippen LogP contribution < -0.4 is 15.2 Å². The van der Waals surface area contributed by atoms with Crippen LogP contribution in [0.5, 0.6) is 11.5 Å². The van der Waals surface area contributed by atoms with Gasteiger partial charge in [-0.2, -0.15) is 4.98 Å². The Bertz CT molecular complexity index is 530. The van der Waals surface area contributed by atoms with Crippen LogP contribution in [0.4, 0.5) is 0 Å². The summed E-state index contributed by atoms with van der Waals surface area (Å²) in [4.78, 5) is 4.30. The highest BCUT2D eigenvalue weighted by molar-refractivity contribution is 5.59. The van der Waals surface area contributed by atoms with Gasteiger partial charge in [-0.3, -0.25) is 0 Å². The number of ether oxygens (including phenoxy) is 2. The fourth-order valence-electron chi connectivity index (χ4n) is 1.67. The number of benzene rings is 1. The molecule has 0 aliphatic rings. The molecular formula is C13H17N3O3. The number of hydrogen-bond donors (Lipinski definition) is 1. The molecule has 1 unspecified atom stereocenters. The van der Waals surface area contributed by atoms with Gasteiger partial charge in [-0.05, 0) is 19.1 Å². The second kappa shape index (κ2) is 5.71. The molecule has 0 saturated carbocycles. The molecule has 2 N–H and O–H groups in total. The van der Waals surface area contributed by atoms with Crippen LogP contribution in [0.25, 0.3) is 11.5 Å². The molecule has 0 fully saturated rings. The van der Waals surface area contributed by atoms with Crippen LogP contribution in [0.2, 0.25) is 0 Å². The molecule has 0 radical (unpaired) electrons. The maximum atomic E-state index is 5.70. The number of aromatic nitrogens is 2. The van der Waals surface area contributed by atoms with Gasteiger partial charge in [-0.1, -0.05) is 5.16 Å². The Morgan fingerprint density at radius 3 is 2.37 bits per heavy atom. The molecule has 19 heavy (non-hydrogen) atoms. The van der Waals surface area contributed by atoms with E-state index in [2.05, 4.69) is 10.1 Å². The Morgan fingerprint density at radius 2 is 1.84 bits per heavy atom. The monoisotopic (exact) mass is 263 g/mol. The molecule has 0 spiro atoms. The first-order chi connectivity index (χ1) is 9.12. The summed E-state index contributed by atoms with van der Waals surface area (Å²) in [6.45, 7) is 1.89. The van der Waals surface area contributed by atoms with Crippen molar-refractivity contribution in [3.63, 3.8) is 0 Å². The van der Waals surface area contributed by atoms with Crippen molar-refractivity contribution >= 4 is 0 Å². The van der Waals surface area contributed by atoms with E-state index in [9.17, 15) is 0 Å². The van der Waals surface area contributed by atoms with Crippen molar-refractivity contribution in [2.75, 3.05) is 14.2 Å². The largest absolute Gasteiger partial charge is 0.497 e. The minimum atomic E-state index is -0.00899. The summed E-state index contributed by atoms with van der Waals surface area (Å²) < 4.78 is 15.6. The molecule has 0 bridgehead atoms. The lowest BCUT2D eigenvalue weighted by molar-refractivity contribution is 0.392. The van der Waals surface area contributed by atoms with E-state index in [0.717, 1.165) is 5.56 Å². The van der Waals surface area contributed by atoms with Crippen LogP contribution >= 0.6 is 0 Å². The zero-order valence-corrected chi connectivity index (χ0v) is 11.2. The maximum Gasteiger partial charge on any atom is 0.258 e. The average Bonchev–Trinajstić information content (AvgIpc) is 2.85.